The van der Waals surface area contributed by atoms with Gasteiger partial charge >= 0.3 is 6.18 Å². The van der Waals surface area contributed by atoms with Crippen LogP contribution in [0.2, 0.25) is 5.02 Å². The Morgan fingerprint density at radius 1 is 1.26 bits per heavy atom. The summed E-state index contributed by atoms with van der Waals surface area (Å²) in [6.07, 6.45) is 2.25. The van der Waals surface area contributed by atoms with Crippen LogP contribution in [0.1, 0.15) is 28.9 Å². The Labute approximate surface area is 195 Å². The molecular formula is C21H18ClF3N8O. The molecule has 9 nitrogen and oxygen atoms in total. The molecule has 1 fully saturated rings. The number of nitrogens with zero attached hydrogens (tertiary/aromatic N) is 4. The Hall–Kier alpha value is -3.64. The molecule has 0 aliphatic heterocycles. The zero-order valence-electron chi connectivity index (χ0n) is 17.4. The van der Waals surface area contributed by atoms with Crippen LogP contribution in [-0.4, -0.2) is 42.6 Å². The predicted octanol–water partition coefficient (Wildman–Crippen LogP) is 3.75. The zero-order chi connectivity index (χ0) is 24.0. The van der Waals surface area contributed by atoms with Gasteiger partial charge in [-0.3, -0.25) is 14.3 Å². The van der Waals surface area contributed by atoms with E-state index in [-0.39, 0.29) is 34.3 Å². The van der Waals surface area contributed by atoms with Crippen LogP contribution in [0.3, 0.4) is 0 Å². The standard InChI is InChI=1S/C21H18ClF3N8O/c22-15-7-11(1-2-13(15)20(34)31-12-5-10(26)6-12)30-18-19-28-9-16(33(19)4-3-27-18)14-8-29-32-17(14)21(23,24)25/h1-4,7-10,12H,5-6,26H2,(H,27,30)(H,29,32)(H,31,34). The van der Waals surface area contributed by atoms with Crippen molar-refractivity contribution in [3.63, 3.8) is 0 Å². The lowest BCUT2D eigenvalue weighted by molar-refractivity contribution is -0.140. The summed E-state index contributed by atoms with van der Waals surface area (Å²) >= 11 is 6.33. The number of amides is 1. The fourth-order valence-electron chi connectivity index (χ4n) is 3.86. The average Bonchev–Trinajstić information content (AvgIpc) is 3.40. The number of carbonyl (C=O) groups is 1. The molecule has 0 atom stereocenters. The van der Waals surface area contributed by atoms with Gasteiger partial charge in [-0.15, -0.1) is 0 Å². The minimum atomic E-state index is -4.62. The van der Waals surface area contributed by atoms with Gasteiger partial charge in [-0.25, -0.2) is 9.97 Å². The quantitative estimate of drug-likeness (QED) is 0.337. The van der Waals surface area contributed by atoms with Gasteiger partial charge in [0, 0.05) is 36.4 Å². The molecule has 13 heteroatoms. The first-order valence-corrected chi connectivity index (χ1v) is 10.6. The molecule has 1 aliphatic rings. The second-order valence-electron chi connectivity index (χ2n) is 7.98. The van der Waals surface area contributed by atoms with E-state index < -0.39 is 11.9 Å². The first-order valence-electron chi connectivity index (χ1n) is 10.3. The largest absolute Gasteiger partial charge is 0.435 e. The topological polar surface area (TPSA) is 126 Å². The van der Waals surface area contributed by atoms with Crippen molar-refractivity contribution in [1.82, 2.24) is 29.9 Å². The van der Waals surface area contributed by atoms with Crippen molar-refractivity contribution >= 4 is 34.7 Å². The van der Waals surface area contributed by atoms with Crippen molar-refractivity contribution in [3.05, 3.63) is 59.3 Å². The van der Waals surface area contributed by atoms with E-state index in [1.807, 2.05) is 0 Å². The van der Waals surface area contributed by atoms with Crippen LogP contribution in [0.5, 0.6) is 0 Å². The van der Waals surface area contributed by atoms with Gasteiger partial charge in [-0.05, 0) is 31.0 Å². The van der Waals surface area contributed by atoms with Gasteiger partial charge in [-0.2, -0.15) is 18.3 Å². The zero-order valence-corrected chi connectivity index (χ0v) is 18.2. The van der Waals surface area contributed by atoms with Crippen molar-refractivity contribution in [2.24, 2.45) is 5.73 Å². The summed E-state index contributed by atoms with van der Waals surface area (Å²) in [7, 11) is 0. The lowest BCUT2D eigenvalue weighted by Crippen LogP contribution is -2.50. The van der Waals surface area contributed by atoms with E-state index in [9.17, 15) is 18.0 Å². The van der Waals surface area contributed by atoms with Gasteiger partial charge in [0.2, 0.25) is 0 Å². The van der Waals surface area contributed by atoms with Crippen LogP contribution in [0.15, 0.2) is 43.0 Å². The lowest BCUT2D eigenvalue weighted by atomic mass is 9.87. The number of nitrogens with two attached hydrogens (primary N) is 1. The molecule has 4 aromatic rings. The van der Waals surface area contributed by atoms with Gasteiger partial charge in [0.15, 0.2) is 17.2 Å². The molecule has 0 spiro atoms. The summed E-state index contributed by atoms with van der Waals surface area (Å²) in [5.41, 5.74) is 5.91. The van der Waals surface area contributed by atoms with Crippen LogP contribution in [0.4, 0.5) is 24.7 Å². The highest BCUT2D eigenvalue weighted by molar-refractivity contribution is 6.34. The number of rotatable bonds is 5. The molecule has 5 rings (SSSR count). The average molecular weight is 491 g/mol. The number of carbonyl (C=O) groups excluding carboxylic acids is 1. The lowest BCUT2D eigenvalue weighted by Gasteiger charge is -2.33. The van der Waals surface area contributed by atoms with Crippen LogP contribution in [0, 0.1) is 0 Å². The summed E-state index contributed by atoms with van der Waals surface area (Å²) < 4.78 is 41.4. The third kappa shape index (κ3) is 4.05. The van der Waals surface area contributed by atoms with Gasteiger partial charge in [0.25, 0.3) is 5.91 Å². The number of hydrogen-bond acceptors (Lipinski definition) is 6. The first-order chi connectivity index (χ1) is 16.2. The van der Waals surface area contributed by atoms with E-state index in [1.54, 1.807) is 18.2 Å². The van der Waals surface area contributed by atoms with Crippen LogP contribution in [-0.2, 0) is 6.18 Å². The highest BCUT2D eigenvalue weighted by atomic mass is 35.5. The maximum Gasteiger partial charge on any atom is 0.435 e. The Kier molecular flexibility index (Phi) is 5.41. The highest BCUT2D eigenvalue weighted by Gasteiger charge is 2.37. The smallest absolute Gasteiger partial charge is 0.349 e. The molecule has 1 aromatic carbocycles. The normalized spacial score (nSPS) is 18.0. The summed E-state index contributed by atoms with van der Waals surface area (Å²) in [6.45, 7) is 0. The minimum Gasteiger partial charge on any atom is -0.349 e. The monoisotopic (exact) mass is 490 g/mol. The SMILES string of the molecule is NC1CC(NC(=O)c2ccc(Nc3nccn4c(-c5c[nH]nc5C(F)(F)F)cnc34)cc2Cl)C1. The van der Waals surface area contributed by atoms with Crippen LogP contribution in [0.25, 0.3) is 16.9 Å². The molecule has 1 amide bonds. The summed E-state index contributed by atoms with van der Waals surface area (Å²) in [4.78, 5) is 20.9. The number of aromatic amines is 1. The van der Waals surface area contributed by atoms with Gasteiger partial charge in [0.05, 0.1) is 28.0 Å². The second kappa shape index (κ2) is 8.29. The maximum absolute atomic E-state index is 13.3. The third-order valence-corrected chi connectivity index (χ3v) is 5.91. The van der Waals surface area contributed by atoms with Crippen molar-refractivity contribution in [3.8, 4) is 11.3 Å². The molecular weight excluding hydrogens is 473 g/mol. The third-order valence-electron chi connectivity index (χ3n) is 5.60. The number of anilines is 2. The van der Waals surface area contributed by atoms with Gasteiger partial charge in [0.1, 0.15) is 0 Å². The second-order valence-corrected chi connectivity index (χ2v) is 8.39. The summed E-state index contributed by atoms with van der Waals surface area (Å²) in [5, 5.41) is 11.8. The molecule has 5 N–H and O–H groups in total. The predicted molar refractivity (Wildman–Crippen MR) is 119 cm³/mol. The molecule has 0 unspecified atom stereocenters. The fourth-order valence-corrected chi connectivity index (χ4v) is 4.13. The Balaban J connectivity index is 1.40. The molecule has 1 aliphatic carbocycles. The number of aromatic nitrogens is 5. The van der Waals surface area contributed by atoms with Crippen LogP contribution < -0.4 is 16.4 Å². The Morgan fingerprint density at radius 3 is 2.76 bits per heavy atom. The Bertz CT molecular complexity index is 1380. The number of nitrogens with one attached hydrogen (secondary N) is 3. The molecule has 1 saturated carbocycles. The van der Waals surface area contributed by atoms with Crippen LogP contribution >= 0.6 is 11.6 Å². The Morgan fingerprint density at radius 2 is 2.06 bits per heavy atom. The van der Waals surface area contributed by atoms with Gasteiger partial charge < -0.3 is 16.4 Å². The van der Waals surface area contributed by atoms with Crippen molar-refractivity contribution in [1.29, 1.82) is 0 Å². The molecule has 0 bridgehead atoms. The van der Waals surface area contributed by atoms with E-state index in [0.717, 1.165) is 12.8 Å². The number of fused-ring (bicyclic) bond motifs is 1. The minimum absolute atomic E-state index is 0.0425. The van der Waals surface area contributed by atoms with Gasteiger partial charge in [-0.1, -0.05) is 11.6 Å². The van der Waals surface area contributed by atoms with E-state index in [4.69, 9.17) is 17.3 Å². The van der Waals surface area contributed by atoms with E-state index in [1.165, 1.54) is 29.2 Å². The van der Waals surface area contributed by atoms with Crippen molar-refractivity contribution < 1.29 is 18.0 Å². The number of imidazole rings is 1. The molecule has 34 heavy (non-hydrogen) atoms. The van der Waals surface area contributed by atoms with E-state index in [2.05, 4.69) is 30.8 Å². The van der Waals surface area contributed by atoms with E-state index >= 15 is 0 Å². The highest BCUT2D eigenvalue weighted by Crippen LogP contribution is 2.36. The number of H-pyrrole nitrogens is 1. The molecule has 3 aromatic heterocycles. The number of alkyl halides is 3. The van der Waals surface area contributed by atoms with E-state index in [0.29, 0.717) is 22.7 Å². The maximum atomic E-state index is 13.3. The summed E-state index contributed by atoms with van der Waals surface area (Å²) in [6, 6.07) is 4.95. The fraction of sp³-hybridized carbons (Fsp3) is 0.238. The van der Waals surface area contributed by atoms with Crippen molar-refractivity contribution in [2.75, 3.05) is 5.32 Å². The number of hydrogen-bond donors (Lipinski definition) is 4. The first kappa shape index (κ1) is 22.2. The number of benzene rings is 1. The molecule has 0 saturated heterocycles. The molecule has 176 valence electrons. The molecule has 0 radical (unpaired) electrons. The summed E-state index contributed by atoms with van der Waals surface area (Å²) in [5.74, 6) is 0.00897. The van der Waals surface area contributed by atoms with Crippen molar-refractivity contribution in [2.45, 2.75) is 31.1 Å². The molecule has 3 heterocycles. The number of halogens is 4.